The number of rotatable bonds is 10. The highest BCUT2D eigenvalue weighted by atomic mass is 32.2. The highest BCUT2D eigenvalue weighted by Gasteiger charge is 2.33. The number of halogens is 2. The number of hydrogen-bond acceptors (Lipinski definition) is 6. The number of carbonyl (C=O) groups is 1. The van der Waals surface area contributed by atoms with Crippen molar-refractivity contribution in [3.8, 4) is 17.2 Å². The summed E-state index contributed by atoms with van der Waals surface area (Å²) in [5.74, 6) is -0.0116. The van der Waals surface area contributed by atoms with Gasteiger partial charge in [0.25, 0.3) is 0 Å². The third kappa shape index (κ3) is 6.35. The molecule has 186 valence electrons. The summed E-state index contributed by atoms with van der Waals surface area (Å²) in [4.78, 5) is 12.9. The maximum absolute atomic E-state index is 13.0. The van der Waals surface area contributed by atoms with Gasteiger partial charge in [-0.15, -0.1) is 0 Å². The second kappa shape index (κ2) is 11.5. The number of piperidine rings is 1. The molecule has 0 aliphatic carbocycles. The number of nitrogens with zero attached hydrogens (tertiary/aromatic N) is 1. The van der Waals surface area contributed by atoms with Crippen molar-refractivity contribution in [2.24, 2.45) is 5.92 Å². The minimum atomic E-state index is -3.72. The van der Waals surface area contributed by atoms with Crippen LogP contribution in [0, 0.1) is 5.92 Å². The molecule has 2 aromatic carbocycles. The lowest BCUT2D eigenvalue weighted by atomic mass is 9.99. The van der Waals surface area contributed by atoms with Crippen molar-refractivity contribution in [2.75, 3.05) is 33.9 Å². The van der Waals surface area contributed by atoms with Crippen molar-refractivity contribution in [2.45, 2.75) is 30.8 Å². The zero-order chi connectivity index (χ0) is 24.7. The summed E-state index contributed by atoms with van der Waals surface area (Å²) in [6, 6.07) is 10.7. The lowest BCUT2D eigenvalue weighted by Gasteiger charge is -2.31. The molecule has 11 heteroatoms. The van der Waals surface area contributed by atoms with Crippen molar-refractivity contribution in [1.82, 2.24) is 9.62 Å². The minimum Gasteiger partial charge on any atom is -0.497 e. The molecule has 8 nitrogen and oxygen atoms in total. The first-order valence-corrected chi connectivity index (χ1v) is 12.2. The minimum absolute atomic E-state index is 0.0642. The zero-order valence-electron chi connectivity index (χ0n) is 19.0. The van der Waals surface area contributed by atoms with E-state index >= 15 is 0 Å². The molecule has 1 saturated heterocycles. The second-order valence-corrected chi connectivity index (χ2v) is 9.72. The standard InChI is InChI=1S/C23H28F2N2O6S/c1-31-18-6-8-19(9-7-18)34(29,30)27-13-3-4-17(15-27)22(28)26-12-11-16-5-10-20(33-23(24)25)21(14-16)32-2/h5-10,14,17,23H,3-4,11-13,15H2,1-2H3,(H,26,28). The molecule has 0 aromatic heterocycles. The van der Waals surface area contributed by atoms with E-state index in [2.05, 4.69) is 10.1 Å². The van der Waals surface area contributed by atoms with Crippen LogP contribution in [0.5, 0.6) is 17.2 Å². The summed E-state index contributed by atoms with van der Waals surface area (Å²) in [7, 11) is -0.859. The summed E-state index contributed by atoms with van der Waals surface area (Å²) in [6.45, 7) is -2.19. The summed E-state index contributed by atoms with van der Waals surface area (Å²) < 4.78 is 66.8. The molecule has 2 aromatic rings. The van der Waals surface area contributed by atoms with Crippen molar-refractivity contribution >= 4 is 15.9 Å². The summed E-state index contributed by atoms with van der Waals surface area (Å²) >= 11 is 0. The molecular formula is C23H28F2N2O6S. The van der Waals surface area contributed by atoms with Gasteiger partial charge in [-0.3, -0.25) is 4.79 Å². The number of nitrogens with one attached hydrogen (secondary N) is 1. The van der Waals surface area contributed by atoms with Crippen LogP contribution in [0.15, 0.2) is 47.4 Å². The Balaban J connectivity index is 1.56. The molecule has 1 heterocycles. The molecule has 1 fully saturated rings. The lowest BCUT2D eigenvalue weighted by molar-refractivity contribution is -0.126. The first-order valence-electron chi connectivity index (χ1n) is 10.8. The highest BCUT2D eigenvalue weighted by molar-refractivity contribution is 7.89. The molecule has 1 amide bonds. The molecule has 0 bridgehead atoms. The summed E-state index contributed by atoms with van der Waals surface area (Å²) in [6.07, 6.45) is 1.61. The maximum atomic E-state index is 13.0. The largest absolute Gasteiger partial charge is 0.497 e. The topological polar surface area (TPSA) is 94.2 Å². The van der Waals surface area contributed by atoms with Gasteiger partial charge in [-0.1, -0.05) is 6.07 Å². The van der Waals surface area contributed by atoms with E-state index in [-0.39, 0.29) is 28.8 Å². The van der Waals surface area contributed by atoms with E-state index in [1.807, 2.05) is 0 Å². The van der Waals surface area contributed by atoms with Crippen LogP contribution in [0.2, 0.25) is 0 Å². The first-order chi connectivity index (χ1) is 16.2. The van der Waals surface area contributed by atoms with Gasteiger partial charge >= 0.3 is 6.61 Å². The van der Waals surface area contributed by atoms with E-state index in [9.17, 15) is 22.0 Å². The third-order valence-electron chi connectivity index (χ3n) is 5.61. The number of benzene rings is 2. The summed E-state index contributed by atoms with van der Waals surface area (Å²) in [5.41, 5.74) is 0.770. The Morgan fingerprint density at radius 2 is 1.85 bits per heavy atom. The normalized spacial score (nSPS) is 16.8. The fraction of sp³-hybridized carbons (Fsp3) is 0.435. The van der Waals surface area contributed by atoms with Gasteiger partial charge in [0.2, 0.25) is 15.9 Å². The van der Waals surface area contributed by atoms with Crippen LogP contribution in [0.1, 0.15) is 18.4 Å². The van der Waals surface area contributed by atoms with Crippen LogP contribution in [-0.2, 0) is 21.2 Å². The monoisotopic (exact) mass is 498 g/mol. The predicted molar refractivity (Wildman–Crippen MR) is 121 cm³/mol. The van der Waals surface area contributed by atoms with E-state index in [1.54, 1.807) is 24.3 Å². The molecule has 1 aliphatic rings. The van der Waals surface area contributed by atoms with E-state index < -0.39 is 22.6 Å². The quantitative estimate of drug-likeness (QED) is 0.541. The van der Waals surface area contributed by atoms with Gasteiger partial charge in [0.1, 0.15) is 5.75 Å². The van der Waals surface area contributed by atoms with Gasteiger partial charge in [-0.05, 0) is 61.2 Å². The Morgan fingerprint density at radius 1 is 1.12 bits per heavy atom. The van der Waals surface area contributed by atoms with E-state index in [4.69, 9.17) is 9.47 Å². The molecule has 0 saturated carbocycles. The molecule has 3 rings (SSSR count). The maximum Gasteiger partial charge on any atom is 0.387 e. The predicted octanol–water partition coefficient (Wildman–Crippen LogP) is 3.06. The van der Waals surface area contributed by atoms with Gasteiger partial charge in [0, 0.05) is 19.6 Å². The fourth-order valence-corrected chi connectivity index (χ4v) is 5.33. The Labute approximate surface area is 197 Å². The van der Waals surface area contributed by atoms with Gasteiger partial charge in [-0.25, -0.2) is 8.42 Å². The lowest BCUT2D eigenvalue weighted by Crippen LogP contribution is -2.45. The molecule has 1 N–H and O–H groups in total. The van der Waals surface area contributed by atoms with Gasteiger partial charge in [0.15, 0.2) is 11.5 Å². The first kappa shape index (κ1) is 25.7. The van der Waals surface area contributed by atoms with Gasteiger partial charge in [-0.2, -0.15) is 13.1 Å². The van der Waals surface area contributed by atoms with Crippen LogP contribution < -0.4 is 19.5 Å². The van der Waals surface area contributed by atoms with E-state index in [0.717, 1.165) is 5.56 Å². The molecule has 0 spiro atoms. The van der Waals surface area contributed by atoms with E-state index in [1.165, 1.54) is 36.7 Å². The Bertz CT molecular complexity index is 1080. The molecule has 1 aliphatic heterocycles. The SMILES string of the molecule is COc1ccc(S(=O)(=O)N2CCCC(C(=O)NCCc3ccc(OC(F)F)c(OC)c3)C2)cc1. The number of sulfonamides is 1. The number of hydrogen-bond donors (Lipinski definition) is 1. The molecule has 0 radical (unpaired) electrons. The number of ether oxygens (including phenoxy) is 3. The smallest absolute Gasteiger partial charge is 0.387 e. The van der Waals surface area contributed by atoms with Crippen molar-refractivity contribution in [1.29, 1.82) is 0 Å². The fourth-order valence-electron chi connectivity index (χ4n) is 3.81. The third-order valence-corrected chi connectivity index (χ3v) is 7.49. The van der Waals surface area contributed by atoms with Crippen LogP contribution in [0.4, 0.5) is 8.78 Å². The molecule has 1 unspecified atom stereocenters. The van der Waals surface area contributed by atoms with Crippen LogP contribution in [-0.4, -0.2) is 59.1 Å². The molecular weight excluding hydrogens is 470 g/mol. The number of alkyl halides is 2. The Kier molecular flexibility index (Phi) is 8.67. The van der Waals surface area contributed by atoms with E-state index in [0.29, 0.717) is 38.1 Å². The number of carbonyl (C=O) groups excluding carboxylic acids is 1. The second-order valence-electron chi connectivity index (χ2n) is 7.78. The number of amides is 1. The summed E-state index contributed by atoms with van der Waals surface area (Å²) in [5, 5.41) is 2.84. The van der Waals surface area contributed by atoms with Crippen molar-refractivity contribution in [3.05, 3.63) is 48.0 Å². The average molecular weight is 499 g/mol. The van der Waals surface area contributed by atoms with Gasteiger partial charge < -0.3 is 19.5 Å². The van der Waals surface area contributed by atoms with Gasteiger partial charge in [0.05, 0.1) is 25.0 Å². The van der Waals surface area contributed by atoms with Crippen molar-refractivity contribution < 1.29 is 36.2 Å². The van der Waals surface area contributed by atoms with Crippen LogP contribution in [0.25, 0.3) is 0 Å². The highest BCUT2D eigenvalue weighted by Crippen LogP contribution is 2.30. The Morgan fingerprint density at radius 3 is 2.50 bits per heavy atom. The molecule has 34 heavy (non-hydrogen) atoms. The number of methoxy groups -OCH3 is 2. The van der Waals surface area contributed by atoms with Crippen LogP contribution in [0.3, 0.4) is 0 Å². The van der Waals surface area contributed by atoms with Crippen molar-refractivity contribution in [3.63, 3.8) is 0 Å². The molecule has 1 atom stereocenters. The van der Waals surface area contributed by atoms with Crippen LogP contribution >= 0.6 is 0 Å². The Hall–Kier alpha value is -2.92. The zero-order valence-corrected chi connectivity index (χ0v) is 19.8. The average Bonchev–Trinajstić information content (AvgIpc) is 2.84.